The zero-order valence-electron chi connectivity index (χ0n) is 19.4. The van der Waals surface area contributed by atoms with Gasteiger partial charge in [-0.25, -0.2) is 28.1 Å². The number of aryl methyl sites for hydroxylation is 1. The third-order valence-corrected chi connectivity index (χ3v) is 6.08. The van der Waals surface area contributed by atoms with E-state index in [1.54, 1.807) is 36.2 Å². The lowest BCUT2D eigenvalue weighted by molar-refractivity contribution is -0.122. The number of para-hydroxylation sites is 2. The highest BCUT2D eigenvalue weighted by Gasteiger charge is 2.25. The second kappa shape index (κ2) is 10.1. The molecule has 1 amide bonds. The van der Waals surface area contributed by atoms with Gasteiger partial charge in [-0.1, -0.05) is 18.2 Å². The highest BCUT2D eigenvalue weighted by Crippen LogP contribution is 2.28. The van der Waals surface area contributed by atoms with E-state index < -0.39 is 21.8 Å². The van der Waals surface area contributed by atoms with Crippen LogP contribution in [0.15, 0.2) is 55.1 Å². The van der Waals surface area contributed by atoms with Crippen LogP contribution in [0.2, 0.25) is 0 Å². The quantitative estimate of drug-likeness (QED) is 0.370. The van der Waals surface area contributed by atoms with Crippen LogP contribution in [0.4, 0.5) is 5.82 Å². The van der Waals surface area contributed by atoms with Gasteiger partial charge in [-0.15, -0.1) is 0 Å². The number of nitrogens with zero attached hydrogens (tertiary/aromatic N) is 5. The second-order valence-electron chi connectivity index (χ2n) is 7.88. The fraction of sp³-hybridized carbons (Fsp3) is 0.261. The summed E-state index contributed by atoms with van der Waals surface area (Å²) in [5, 5.41) is 7.51. The molecule has 0 aliphatic heterocycles. The molecule has 3 aromatic heterocycles. The molecule has 0 aliphatic carbocycles. The van der Waals surface area contributed by atoms with E-state index in [9.17, 15) is 13.2 Å². The second-order valence-corrected chi connectivity index (χ2v) is 10.1. The average Bonchev–Trinajstić information content (AvgIpc) is 3.27. The Balaban J connectivity index is 1.66. The highest BCUT2D eigenvalue weighted by atomic mass is 32.2. The molecule has 0 fully saturated rings. The van der Waals surface area contributed by atoms with Crippen LogP contribution in [0, 0.1) is 6.92 Å². The number of methoxy groups -OCH3 is 1. The summed E-state index contributed by atoms with van der Waals surface area (Å²) >= 11 is 0. The molecule has 1 aromatic carbocycles. The first kappa shape index (κ1) is 24.1. The van der Waals surface area contributed by atoms with Crippen LogP contribution in [0.25, 0.3) is 16.7 Å². The van der Waals surface area contributed by atoms with Gasteiger partial charge < -0.3 is 14.8 Å². The Morgan fingerprint density at radius 3 is 2.63 bits per heavy atom. The Morgan fingerprint density at radius 2 is 1.91 bits per heavy atom. The summed E-state index contributed by atoms with van der Waals surface area (Å²) in [4.78, 5) is 25.7. The normalized spacial score (nSPS) is 12.3. The lowest BCUT2D eigenvalue weighted by Gasteiger charge is -2.18. The minimum Gasteiger partial charge on any atom is -0.494 e. The minimum absolute atomic E-state index is 0.0807. The lowest BCUT2D eigenvalue weighted by atomic mass is 10.2. The van der Waals surface area contributed by atoms with Crippen LogP contribution in [-0.4, -0.2) is 64.3 Å². The van der Waals surface area contributed by atoms with Crippen molar-refractivity contribution in [1.82, 2.24) is 24.7 Å². The molecule has 0 radical (unpaired) electrons. The molecule has 4 aromatic rings. The number of hydrogen-bond acceptors (Lipinski definition) is 9. The Kier molecular flexibility index (Phi) is 6.92. The van der Waals surface area contributed by atoms with Gasteiger partial charge >= 0.3 is 0 Å². The lowest BCUT2D eigenvalue weighted by Crippen LogP contribution is -2.35. The monoisotopic (exact) mass is 496 g/mol. The first-order valence-electron chi connectivity index (χ1n) is 10.6. The number of aromatic nitrogens is 5. The first-order valence-corrected chi connectivity index (χ1v) is 12.7. The first-order chi connectivity index (χ1) is 16.7. The van der Waals surface area contributed by atoms with Crippen molar-refractivity contribution in [3.8, 4) is 17.3 Å². The number of benzene rings is 1. The zero-order chi connectivity index (χ0) is 25.0. The molecule has 0 aliphatic rings. The van der Waals surface area contributed by atoms with Crippen molar-refractivity contribution in [2.24, 2.45) is 0 Å². The molecule has 0 bridgehead atoms. The Bertz CT molecular complexity index is 1450. The fourth-order valence-electron chi connectivity index (χ4n) is 3.35. The van der Waals surface area contributed by atoms with Crippen LogP contribution in [0.5, 0.6) is 11.6 Å². The van der Waals surface area contributed by atoms with Gasteiger partial charge in [0.2, 0.25) is 5.88 Å². The van der Waals surface area contributed by atoms with Crippen molar-refractivity contribution in [3.63, 3.8) is 0 Å². The van der Waals surface area contributed by atoms with Crippen molar-refractivity contribution >= 4 is 32.6 Å². The Labute approximate surface area is 202 Å². The maximum Gasteiger partial charge on any atom is 0.266 e. The number of hydrogen-bond donors (Lipinski definition) is 1. The fourth-order valence-corrected chi connectivity index (χ4v) is 3.99. The number of carbonyl (C=O) groups excluding carboxylic acids is 1. The number of sulfone groups is 1. The van der Waals surface area contributed by atoms with E-state index >= 15 is 0 Å². The number of rotatable bonds is 9. The van der Waals surface area contributed by atoms with Crippen LogP contribution < -0.4 is 14.8 Å². The van der Waals surface area contributed by atoms with Crippen LogP contribution >= 0.6 is 0 Å². The Hall–Kier alpha value is -4.06. The van der Waals surface area contributed by atoms with Gasteiger partial charge in [0, 0.05) is 18.9 Å². The maximum absolute atomic E-state index is 13.0. The van der Waals surface area contributed by atoms with Crippen LogP contribution in [0.1, 0.15) is 12.0 Å². The number of carbonyl (C=O) groups is 1. The molecule has 3 heterocycles. The summed E-state index contributed by atoms with van der Waals surface area (Å²) in [5.74, 6) is 0.219. The van der Waals surface area contributed by atoms with E-state index in [-0.39, 0.29) is 18.1 Å². The molecule has 11 nitrogen and oxygen atoms in total. The summed E-state index contributed by atoms with van der Waals surface area (Å²) < 4.78 is 36.5. The van der Waals surface area contributed by atoms with Crippen LogP contribution in [0.3, 0.4) is 0 Å². The molecule has 1 N–H and O–H groups in total. The summed E-state index contributed by atoms with van der Waals surface area (Å²) in [5.41, 5.74) is 2.02. The summed E-state index contributed by atoms with van der Waals surface area (Å²) in [6.07, 6.45) is 4.29. The largest absolute Gasteiger partial charge is 0.494 e. The number of anilines is 1. The topological polar surface area (TPSA) is 138 Å². The van der Waals surface area contributed by atoms with Gasteiger partial charge in [0.15, 0.2) is 11.8 Å². The van der Waals surface area contributed by atoms with Crippen molar-refractivity contribution in [2.45, 2.75) is 19.4 Å². The summed E-state index contributed by atoms with van der Waals surface area (Å²) in [7, 11) is -1.79. The predicted molar refractivity (Wildman–Crippen MR) is 130 cm³/mol. The van der Waals surface area contributed by atoms with Crippen LogP contribution in [-0.2, 0) is 14.6 Å². The number of nitrogens with one attached hydrogen (secondary N) is 1. The third-order valence-electron chi connectivity index (χ3n) is 5.10. The molecule has 35 heavy (non-hydrogen) atoms. The van der Waals surface area contributed by atoms with E-state index in [4.69, 9.17) is 9.47 Å². The van der Waals surface area contributed by atoms with Crippen molar-refractivity contribution in [1.29, 1.82) is 0 Å². The average molecular weight is 497 g/mol. The van der Waals surface area contributed by atoms with E-state index in [2.05, 4.69) is 25.4 Å². The predicted octanol–water partition coefficient (Wildman–Crippen LogP) is 2.35. The van der Waals surface area contributed by atoms with Crippen molar-refractivity contribution in [3.05, 3.63) is 60.7 Å². The SMILES string of the molecule is COc1ccccc1-n1ncc2c(OC(CCS(C)(=O)=O)C(=O)Nc3ccc(C)cn3)ncnc21. The van der Waals surface area contributed by atoms with Gasteiger partial charge in [0.25, 0.3) is 5.91 Å². The smallest absolute Gasteiger partial charge is 0.266 e. The third kappa shape index (κ3) is 5.72. The molecule has 0 saturated heterocycles. The number of amides is 1. The van der Waals surface area contributed by atoms with E-state index in [0.29, 0.717) is 28.3 Å². The molecule has 182 valence electrons. The molecular formula is C23H24N6O5S. The van der Waals surface area contributed by atoms with Gasteiger partial charge in [0.1, 0.15) is 38.8 Å². The molecular weight excluding hydrogens is 472 g/mol. The molecule has 0 saturated carbocycles. The number of fused-ring (bicyclic) bond motifs is 1. The van der Waals surface area contributed by atoms with E-state index in [1.807, 2.05) is 25.1 Å². The zero-order valence-corrected chi connectivity index (χ0v) is 20.2. The Morgan fingerprint density at radius 1 is 1.11 bits per heavy atom. The van der Waals surface area contributed by atoms with Gasteiger partial charge in [-0.05, 0) is 30.7 Å². The van der Waals surface area contributed by atoms with Gasteiger partial charge in [-0.3, -0.25) is 4.79 Å². The summed E-state index contributed by atoms with van der Waals surface area (Å²) in [6, 6.07) is 10.8. The number of ether oxygens (including phenoxy) is 2. The molecule has 12 heteroatoms. The van der Waals surface area contributed by atoms with E-state index in [0.717, 1.165) is 11.8 Å². The van der Waals surface area contributed by atoms with Gasteiger partial charge in [-0.2, -0.15) is 5.10 Å². The molecule has 0 spiro atoms. The van der Waals surface area contributed by atoms with Crippen molar-refractivity contribution < 1.29 is 22.7 Å². The van der Waals surface area contributed by atoms with Crippen molar-refractivity contribution in [2.75, 3.05) is 24.4 Å². The molecule has 4 rings (SSSR count). The summed E-state index contributed by atoms with van der Waals surface area (Å²) in [6.45, 7) is 1.88. The number of pyridine rings is 1. The maximum atomic E-state index is 13.0. The molecule has 1 atom stereocenters. The highest BCUT2D eigenvalue weighted by molar-refractivity contribution is 7.90. The minimum atomic E-state index is -3.34. The standard InChI is InChI=1S/C23H24N6O5S/c1-15-8-9-20(24-12-15)28-22(30)19(10-11-35(3,31)32)34-23-16-13-27-29(21(16)25-14-26-23)17-6-4-5-7-18(17)33-2/h4-9,12-14,19H,10-11H2,1-3H3,(H,24,28,30). The van der Waals surface area contributed by atoms with E-state index in [1.165, 1.54) is 12.5 Å². The molecule has 1 unspecified atom stereocenters. The van der Waals surface area contributed by atoms with Gasteiger partial charge in [0.05, 0.1) is 19.1 Å².